The highest BCUT2D eigenvalue weighted by atomic mass is 16.5. The number of rotatable bonds is 8. The molecule has 3 heterocycles. The molecule has 9 heteroatoms. The van der Waals surface area contributed by atoms with Crippen LogP contribution in [0.15, 0.2) is 126 Å². The van der Waals surface area contributed by atoms with Gasteiger partial charge in [0.25, 0.3) is 5.91 Å². The van der Waals surface area contributed by atoms with Crippen LogP contribution in [0.1, 0.15) is 15.9 Å². The summed E-state index contributed by atoms with van der Waals surface area (Å²) in [5.41, 5.74) is 4.09. The van der Waals surface area contributed by atoms with Gasteiger partial charge in [-0.1, -0.05) is 78.9 Å². The van der Waals surface area contributed by atoms with Crippen molar-refractivity contribution in [1.29, 1.82) is 5.26 Å². The predicted molar refractivity (Wildman–Crippen MR) is 160 cm³/mol. The number of anilines is 1. The van der Waals surface area contributed by atoms with Gasteiger partial charge in [-0.25, -0.2) is 9.48 Å². The molecule has 0 aliphatic rings. The molecule has 0 aliphatic heterocycles. The Bertz CT molecular complexity index is 1930. The van der Waals surface area contributed by atoms with E-state index in [2.05, 4.69) is 21.5 Å². The topological polar surface area (TPSA) is 123 Å². The van der Waals surface area contributed by atoms with Gasteiger partial charge in [-0.15, -0.1) is 0 Å². The lowest BCUT2D eigenvalue weighted by Gasteiger charge is -2.05. The zero-order valence-electron chi connectivity index (χ0n) is 22.7. The second kappa shape index (κ2) is 12.1. The number of carbonyl (C=O) groups excluding carboxylic acids is 2. The summed E-state index contributed by atoms with van der Waals surface area (Å²) in [6.45, 7) is -0.616. The standard InChI is InChI=1S/C34H23N5O4/c35-19-27-30(23-11-4-1-5-12-23)32(24-13-6-2-7-14-24)43-33(27)37-29(40)22-42-34(41)28-21-39(26-16-8-3-9-17-26)38-31(28)25-15-10-18-36-20-25/h1-18,20-21H,22H2,(H,37,40). The second-order valence-electron chi connectivity index (χ2n) is 9.39. The SMILES string of the molecule is N#Cc1c(NC(=O)COC(=O)c2cn(-c3ccccc3)nc2-c2cccnc2)oc(-c2ccccc2)c1-c1ccccc1. The van der Waals surface area contributed by atoms with Gasteiger partial charge in [0, 0.05) is 35.3 Å². The number of hydrogen-bond donors (Lipinski definition) is 1. The van der Waals surface area contributed by atoms with E-state index >= 15 is 0 Å². The molecule has 43 heavy (non-hydrogen) atoms. The third-order valence-corrected chi connectivity index (χ3v) is 6.60. The minimum atomic E-state index is -0.744. The van der Waals surface area contributed by atoms with Crippen molar-refractivity contribution in [2.45, 2.75) is 0 Å². The molecular formula is C34H23N5O4. The Hall–Kier alpha value is -6.27. The summed E-state index contributed by atoms with van der Waals surface area (Å²) in [4.78, 5) is 30.4. The largest absolute Gasteiger partial charge is 0.452 e. The van der Waals surface area contributed by atoms with E-state index in [-0.39, 0.29) is 17.0 Å². The Morgan fingerprint density at radius 3 is 2.16 bits per heavy atom. The molecular weight excluding hydrogens is 542 g/mol. The minimum absolute atomic E-state index is 0.0331. The quantitative estimate of drug-likeness (QED) is 0.208. The maximum Gasteiger partial charge on any atom is 0.342 e. The first-order valence-electron chi connectivity index (χ1n) is 13.3. The molecule has 6 aromatic rings. The van der Waals surface area contributed by atoms with Crippen LogP contribution in [0.3, 0.4) is 0 Å². The number of nitrogens with zero attached hydrogens (tertiary/aromatic N) is 4. The number of hydrogen-bond acceptors (Lipinski definition) is 7. The number of pyridine rings is 1. The van der Waals surface area contributed by atoms with Crippen molar-refractivity contribution in [3.05, 3.63) is 133 Å². The molecule has 0 radical (unpaired) electrons. The smallest absolute Gasteiger partial charge is 0.342 e. The predicted octanol–water partition coefficient (Wildman–Crippen LogP) is 6.53. The van der Waals surface area contributed by atoms with E-state index in [1.54, 1.807) is 35.4 Å². The second-order valence-corrected chi connectivity index (χ2v) is 9.39. The zero-order chi connectivity index (χ0) is 29.6. The maximum atomic E-state index is 13.2. The van der Waals surface area contributed by atoms with Crippen LogP contribution in [0.25, 0.3) is 39.4 Å². The normalized spacial score (nSPS) is 10.6. The summed E-state index contributed by atoms with van der Waals surface area (Å²) >= 11 is 0. The first-order valence-corrected chi connectivity index (χ1v) is 13.3. The lowest BCUT2D eigenvalue weighted by molar-refractivity contribution is -0.119. The number of ether oxygens (including phenoxy) is 1. The van der Waals surface area contributed by atoms with Crippen LogP contribution in [0.2, 0.25) is 0 Å². The van der Waals surface area contributed by atoms with Crippen LogP contribution in [-0.2, 0) is 9.53 Å². The molecule has 0 aliphatic carbocycles. The van der Waals surface area contributed by atoms with E-state index in [0.29, 0.717) is 22.6 Å². The maximum absolute atomic E-state index is 13.2. The number of aromatic nitrogens is 3. The van der Waals surface area contributed by atoms with Gasteiger partial charge >= 0.3 is 5.97 Å². The summed E-state index contributed by atoms with van der Waals surface area (Å²) in [7, 11) is 0. The van der Waals surface area contributed by atoms with Crippen molar-refractivity contribution in [2.75, 3.05) is 11.9 Å². The van der Waals surface area contributed by atoms with Gasteiger partial charge in [-0.3, -0.25) is 15.1 Å². The number of furan rings is 1. The first kappa shape index (κ1) is 26.9. The first-order chi connectivity index (χ1) is 21.1. The Labute approximate surface area is 246 Å². The number of carbonyl (C=O) groups is 2. The van der Waals surface area contributed by atoms with Crippen LogP contribution < -0.4 is 5.32 Å². The van der Waals surface area contributed by atoms with Crippen LogP contribution in [0, 0.1) is 11.3 Å². The van der Waals surface area contributed by atoms with Crippen molar-refractivity contribution in [3.8, 4) is 45.5 Å². The van der Waals surface area contributed by atoms with Crippen molar-refractivity contribution in [1.82, 2.24) is 14.8 Å². The monoisotopic (exact) mass is 565 g/mol. The molecule has 0 atom stereocenters. The molecule has 6 rings (SSSR count). The van der Waals surface area contributed by atoms with Crippen molar-refractivity contribution < 1.29 is 18.7 Å². The molecule has 0 unspecified atom stereocenters. The van der Waals surface area contributed by atoms with E-state index in [1.165, 1.54) is 0 Å². The summed E-state index contributed by atoms with van der Waals surface area (Å²) in [6, 6.07) is 33.6. The lowest BCUT2D eigenvalue weighted by Crippen LogP contribution is -2.21. The van der Waals surface area contributed by atoms with Crippen molar-refractivity contribution >= 4 is 17.8 Å². The average Bonchev–Trinajstić information content (AvgIpc) is 3.68. The fraction of sp³-hybridized carbons (Fsp3) is 0.0294. The Morgan fingerprint density at radius 1 is 0.860 bits per heavy atom. The number of nitrogens with one attached hydrogen (secondary N) is 1. The summed E-state index contributed by atoms with van der Waals surface area (Å²) < 4.78 is 13.0. The Morgan fingerprint density at radius 2 is 1.51 bits per heavy atom. The zero-order valence-corrected chi connectivity index (χ0v) is 22.7. The van der Waals surface area contributed by atoms with Gasteiger partial charge in [-0.05, 0) is 29.8 Å². The summed E-state index contributed by atoms with van der Waals surface area (Å²) in [5.74, 6) is -1.01. The molecule has 0 spiro atoms. The Balaban J connectivity index is 1.25. The van der Waals surface area contributed by atoms with Crippen molar-refractivity contribution in [3.63, 3.8) is 0 Å². The molecule has 208 valence electrons. The average molecular weight is 566 g/mol. The van der Waals surface area contributed by atoms with Crippen molar-refractivity contribution in [2.24, 2.45) is 0 Å². The number of nitriles is 1. The fourth-order valence-electron chi connectivity index (χ4n) is 4.62. The molecule has 3 aromatic heterocycles. The van der Waals surface area contributed by atoms with Gasteiger partial charge in [0.1, 0.15) is 28.7 Å². The lowest BCUT2D eigenvalue weighted by atomic mass is 9.98. The van der Waals surface area contributed by atoms with E-state index in [9.17, 15) is 14.9 Å². The third-order valence-electron chi connectivity index (χ3n) is 6.60. The molecule has 0 saturated carbocycles. The highest BCUT2D eigenvalue weighted by Crippen LogP contribution is 2.41. The van der Waals surface area contributed by atoms with E-state index in [0.717, 1.165) is 16.8 Å². The molecule has 9 nitrogen and oxygen atoms in total. The van der Waals surface area contributed by atoms with Gasteiger partial charge < -0.3 is 9.15 Å². The minimum Gasteiger partial charge on any atom is -0.452 e. The Kier molecular flexibility index (Phi) is 7.56. The molecule has 0 saturated heterocycles. The number of benzene rings is 3. The molecule has 1 N–H and O–H groups in total. The number of para-hydroxylation sites is 1. The highest BCUT2D eigenvalue weighted by molar-refractivity contribution is 6.00. The van der Waals surface area contributed by atoms with E-state index < -0.39 is 18.5 Å². The van der Waals surface area contributed by atoms with Crippen LogP contribution >= 0.6 is 0 Å². The van der Waals surface area contributed by atoms with Gasteiger partial charge in [0.2, 0.25) is 5.88 Å². The van der Waals surface area contributed by atoms with Crippen LogP contribution in [0.4, 0.5) is 5.88 Å². The molecule has 0 bridgehead atoms. The van der Waals surface area contributed by atoms with Gasteiger partial charge in [0.15, 0.2) is 6.61 Å². The third kappa shape index (κ3) is 5.66. The fourth-order valence-corrected chi connectivity index (χ4v) is 4.62. The molecule has 3 aromatic carbocycles. The number of esters is 1. The molecule has 0 fully saturated rings. The highest BCUT2D eigenvalue weighted by Gasteiger charge is 2.25. The summed E-state index contributed by atoms with van der Waals surface area (Å²) in [5, 5.41) is 17.3. The number of amides is 1. The van der Waals surface area contributed by atoms with Crippen LogP contribution in [0.5, 0.6) is 0 Å². The summed E-state index contributed by atoms with van der Waals surface area (Å²) in [6.07, 6.45) is 4.77. The molecule has 1 amide bonds. The van der Waals surface area contributed by atoms with Crippen LogP contribution in [-0.4, -0.2) is 33.2 Å². The van der Waals surface area contributed by atoms with E-state index in [1.807, 2.05) is 91.0 Å². The van der Waals surface area contributed by atoms with Gasteiger partial charge in [0.05, 0.1) is 5.69 Å². The van der Waals surface area contributed by atoms with E-state index in [4.69, 9.17) is 9.15 Å². The van der Waals surface area contributed by atoms with Gasteiger partial charge in [-0.2, -0.15) is 10.4 Å².